The van der Waals surface area contributed by atoms with Crippen LogP contribution >= 0.6 is 0 Å². The molecule has 17 heavy (non-hydrogen) atoms. The van der Waals surface area contributed by atoms with E-state index in [0.717, 1.165) is 12.1 Å². The van der Waals surface area contributed by atoms with E-state index in [4.69, 9.17) is 0 Å². The lowest BCUT2D eigenvalue weighted by Crippen LogP contribution is -2.47. The molecule has 92 valence electrons. The topological polar surface area (TPSA) is 48.0 Å². The SMILES string of the molecule is CC(O)C(C)(C)NCc1c[nH]c2ccccc12. The van der Waals surface area contributed by atoms with Crippen molar-refractivity contribution >= 4 is 10.9 Å². The molecule has 1 heterocycles. The quantitative estimate of drug-likeness (QED) is 0.758. The minimum atomic E-state index is -0.382. The second-order valence-electron chi connectivity index (χ2n) is 5.11. The van der Waals surface area contributed by atoms with Gasteiger partial charge in [-0.05, 0) is 32.4 Å². The van der Waals surface area contributed by atoms with Crippen LogP contribution in [-0.2, 0) is 6.54 Å². The molecule has 2 rings (SSSR count). The first-order chi connectivity index (χ1) is 8.00. The third kappa shape index (κ3) is 2.51. The zero-order chi connectivity index (χ0) is 12.5. The van der Waals surface area contributed by atoms with Crippen LogP contribution in [-0.4, -0.2) is 21.7 Å². The summed E-state index contributed by atoms with van der Waals surface area (Å²) in [4.78, 5) is 3.25. The fourth-order valence-electron chi connectivity index (χ4n) is 1.75. The Bertz CT molecular complexity index is 500. The number of hydrogen-bond acceptors (Lipinski definition) is 2. The monoisotopic (exact) mass is 232 g/mol. The van der Waals surface area contributed by atoms with Gasteiger partial charge in [0.25, 0.3) is 0 Å². The number of H-pyrrole nitrogens is 1. The van der Waals surface area contributed by atoms with Crippen LogP contribution in [0.1, 0.15) is 26.3 Å². The fraction of sp³-hybridized carbons (Fsp3) is 0.429. The highest BCUT2D eigenvalue weighted by Crippen LogP contribution is 2.18. The van der Waals surface area contributed by atoms with Crippen LogP contribution in [0.3, 0.4) is 0 Å². The van der Waals surface area contributed by atoms with Crippen molar-refractivity contribution in [2.24, 2.45) is 0 Å². The van der Waals surface area contributed by atoms with Crippen molar-refractivity contribution in [3.8, 4) is 0 Å². The van der Waals surface area contributed by atoms with E-state index in [1.54, 1.807) is 0 Å². The van der Waals surface area contributed by atoms with Gasteiger partial charge in [0.2, 0.25) is 0 Å². The molecule has 2 aromatic rings. The van der Waals surface area contributed by atoms with E-state index in [9.17, 15) is 5.11 Å². The number of aromatic nitrogens is 1. The summed E-state index contributed by atoms with van der Waals surface area (Å²) in [5.74, 6) is 0. The van der Waals surface area contributed by atoms with Gasteiger partial charge in [-0.2, -0.15) is 0 Å². The average Bonchev–Trinajstić information content (AvgIpc) is 2.69. The molecule has 0 radical (unpaired) electrons. The summed E-state index contributed by atoms with van der Waals surface area (Å²) in [5, 5.41) is 14.3. The zero-order valence-corrected chi connectivity index (χ0v) is 10.6. The van der Waals surface area contributed by atoms with Gasteiger partial charge in [-0.25, -0.2) is 0 Å². The lowest BCUT2D eigenvalue weighted by Gasteiger charge is -2.29. The van der Waals surface area contributed by atoms with Crippen molar-refractivity contribution in [1.29, 1.82) is 0 Å². The molecular formula is C14H20N2O. The van der Waals surface area contributed by atoms with Gasteiger partial charge in [0, 0.05) is 29.2 Å². The first-order valence-electron chi connectivity index (χ1n) is 5.99. The molecule has 0 bridgehead atoms. The Kier molecular flexibility index (Phi) is 3.22. The van der Waals surface area contributed by atoms with Crippen molar-refractivity contribution in [2.75, 3.05) is 0 Å². The third-order valence-electron chi connectivity index (χ3n) is 3.45. The van der Waals surface area contributed by atoms with Crippen LogP contribution < -0.4 is 5.32 Å². The molecule has 0 saturated heterocycles. The van der Waals surface area contributed by atoms with Crippen molar-refractivity contribution in [1.82, 2.24) is 10.3 Å². The van der Waals surface area contributed by atoms with Crippen molar-refractivity contribution in [3.63, 3.8) is 0 Å². The first kappa shape index (κ1) is 12.1. The molecule has 0 fully saturated rings. The van der Waals surface area contributed by atoms with Crippen LogP contribution in [0.2, 0.25) is 0 Å². The molecule has 1 atom stereocenters. The van der Waals surface area contributed by atoms with Crippen LogP contribution in [0.25, 0.3) is 10.9 Å². The Morgan fingerprint density at radius 1 is 1.35 bits per heavy atom. The Morgan fingerprint density at radius 2 is 2.06 bits per heavy atom. The Morgan fingerprint density at radius 3 is 2.76 bits per heavy atom. The summed E-state index contributed by atoms with van der Waals surface area (Å²) in [6.45, 7) is 6.57. The van der Waals surface area contributed by atoms with E-state index < -0.39 is 0 Å². The average molecular weight is 232 g/mol. The summed E-state index contributed by atoms with van der Waals surface area (Å²) in [7, 11) is 0. The number of para-hydroxylation sites is 1. The molecule has 0 aliphatic heterocycles. The number of benzene rings is 1. The maximum absolute atomic E-state index is 9.65. The molecule has 1 aromatic carbocycles. The van der Waals surface area contributed by atoms with Crippen molar-refractivity contribution in [3.05, 3.63) is 36.0 Å². The number of hydrogen-bond donors (Lipinski definition) is 3. The minimum absolute atomic E-state index is 0.279. The molecule has 0 saturated carbocycles. The summed E-state index contributed by atoms with van der Waals surface area (Å²) in [5.41, 5.74) is 2.10. The van der Waals surface area contributed by atoms with E-state index in [0.29, 0.717) is 0 Å². The normalized spacial score (nSPS) is 14.1. The lowest BCUT2D eigenvalue weighted by molar-refractivity contribution is 0.0957. The predicted octanol–water partition coefficient (Wildman–Crippen LogP) is 2.42. The fourth-order valence-corrected chi connectivity index (χ4v) is 1.75. The molecule has 0 amide bonds. The standard InChI is InChI=1S/C14H20N2O/c1-10(17)14(2,3)16-9-11-8-15-13-7-5-4-6-12(11)13/h4-8,10,15-17H,9H2,1-3H3. The molecule has 3 N–H and O–H groups in total. The van der Waals surface area contributed by atoms with Crippen molar-refractivity contribution < 1.29 is 5.11 Å². The number of aliphatic hydroxyl groups is 1. The van der Waals surface area contributed by atoms with Gasteiger partial charge < -0.3 is 15.4 Å². The predicted molar refractivity (Wildman–Crippen MR) is 70.9 cm³/mol. The summed E-state index contributed by atoms with van der Waals surface area (Å²) < 4.78 is 0. The molecule has 1 unspecified atom stereocenters. The van der Waals surface area contributed by atoms with Crippen LogP contribution in [0.5, 0.6) is 0 Å². The van der Waals surface area contributed by atoms with Crippen LogP contribution in [0, 0.1) is 0 Å². The van der Waals surface area contributed by atoms with Gasteiger partial charge in [0.1, 0.15) is 0 Å². The van der Waals surface area contributed by atoms with Crippen LogP contribution in [0.4, 0.5) is 0 Å². The van der Waals surface area contributed by atoms with E-state index in [-0.39, 0.29) is 11.6 Å². The molecule has 0 spiro atoms. The highest BCUT2D eigenvalue weighted by molar-refractivity contribution is 5.82. The van der Waals surface area contributed by atoms with Gasteiger partial charge in [0.15, 0.2) is 0 Å². The highest BCUT2D eigenvalue weighted by atomic mass is 16.3. The second-order valence-corrected chi connectivity index (χ2v) is 5.11. The Balaban J connectivity index is 2.14. The number of nitrogens with one attached hydrogen (secondary N) is 2. The second kappa shape index (κ2) is 4.51. The summed E-state index contributed by atoms with van der Waals surface area (Å²) in [6.07, 6.45) is 1.64. The van der Waals surface area contributed by atoms with Crippen LogP contribution in [0.15, 0.2) is 30.5 Å². The Labute approximate surface area is 102 Å². The number of rotatable bonds is 4. The summed E-state index contributed by atoms with van der Waals surface area (Å²) in [6, 6.07) is 8.24. The smallest absolute Gasteiger partial charge is 0.0688 e. The molecule has 0 aliphatic rings. The van der Waals surface area contributed by atoms with E-state index in [2.05, 4.69) is 22.4 Å². The molecule has 3 nitrogen and oxygen atoms in total. The summed E-state index contributed by atoms with van der Waals surface area (Å²) >= 11 is 0. The number of aromatic amines is 1. The van der Waals surface area contributed by atoms with Gasteiger partial charge in [0.05, 0.1) is 6.10 Å². The highest BCUT2D eigenvalue weighted by Gasteiger charge is 2.23. The van der Waals surface area contributed by atoms with E-state index in [1.807, 2.05) is 39.1 Å². The van der Waals surface area contributed by atoms with E-state index >= 15 is 0 Å². The van der Waals surface area contributed by atoms with Gasteiger partial charge in [-0.15, -0.1) is 0 Å². The van der Waals surface area contributed by atoms with Gasteiger partial charge in [-0.3, -0.25) is 0 Å². The number of fused-ring (bicyclic) bond motifs is 1. The van der Waals surface area contributed by atoms with E-state index in [1.165, 1.54) is 10.9 Å². The molecular weight excluding hydrogens is 212 g/mol. The molecule has 0 aliphatic carbocycles. The molecule has 1 aromatic heterocycles. The lowest BCUT2D eigenvalue weighted by atomic mass is 9.98. The van der Waals surface area contributed by atoms with Crippen molar-refractivity contribution in [2.45, 2.75) is 39.0 Å². The largest absolute Gasteiger partial charge is 0.392 e. The Hall–Kier alpha value is -1.32. The zero-order valence-electron chi connectivity index (χ0n) is 10.6. The molecule has 3 heteroatoms. The third-order valence-corrected chi connectivity index (χ3v) is 3.45. The maximum atomic E-state index is 9.65. The number of aliphatic hydroxyl groups excluding tert-OH is 1. The first-order valence-corrected chi connectivity index (χ1v) is 5.99. The minimum Gasteiger partial charge on any atom is -0.392 e. The van der Waals surface area contributed by atoms with Gasteiger partial charge >= 0.3 is 0 Å². The van der Waals surface area contributed by atoms with Gasteiger partial charge in [-0.1, -0.05) is 18.2 Å². The maximum Gasteiger partial charge on any atom is 0.0688 e.